The summed E-state index contributed by atoms with van der Waals surface area (Å²) in [6.45, 7) is 7.82. The van der Waals surface area contributed by atoms with Gasteiger partial charge in [-0.15, -0.1) is 11.8 Å². The Morgan fingerprint density at radius 3 is 2.90 bits per heavy atom. The molecule has 1 aliphatic heterocycles. The van der Waals surface area contributed by atoms with Gasteiger partial charge in [-0.05, 0) is 51.1 Å². The Labute approximate surface area is 126 Å². The number of nitriles is 1. The Kier molecular flexibility index (Phi) is 5.33. The van der Waals surface area contributed by atoms with E-state index in [1.165, 1.54) is 13.0 Å². The molecule has 1 unspecified atom stereocenters. The Morgan fingerprint density at radius 2 is 2.30 bits per heavy atom. The van der Waals surface area contributed by atoms with Crippen molar-refractivity contribution >= 4 is 17.4 Å². The lowest BCUT2D eigenvalue weighted by Gasteiger charge is -2.20. The SMILES string of the molecule is CSc1cccc(NCC2CCN(C(C)C)C2)c1C#N. The van der Waals surface area contributed by atoms with E-state index in [4.69, 9.17) is 0 Å². The molecule has 1 N–H and O–H groups in total. The molecule has 1 aliphatic rings. The molecule has 0 spiro atoms. The number of nitrogens with zero attached hydrogens (tertiary/aromatic N) is 2. The van der Waals surface area contributed by atoms with Crippen LogP contribution in [0, 0.1) is 17.2 Å². The summed E-state index contributed by atoms with van der Waals surface area (Å²) in [5.74, 6) is 0.682. The number of nitrogens with one attached hydrogen (secondary N) is 1. The quantitative estimate of drug-likeness (QED) is 0.843. The van der Waals surface area contributed by atoms with E-state index < -0.39 is 0 Å². The normalized spacial score (nSPS) is 19.2. The summed E-state index contributed by atoms with van der Waals surface area (Å²) in [5, 5.41) is 12.8. The maximum atomic E-state index is 9.33. The Balaban J connectivity index is 1.97. The molecule has 3 nitrogen and oxygen atoms in total. The van der Waals surface area contributed by atoms with Crippen molar-refractivity contribution in [1.29, 1.82) is 5.26 Å². The molecule has 1 aromatic carbocycles. The zero-order valence-corrected chi connectivity index (χ0v) is 13.3. The van der Waals surface area contributed by atoms with Gasteiger partial charge >= 0.3 is 0 Å². The summed E-state index contributed by atoms with van der Waals surface area (Å²) >= 11 is 1.63. The van der Waals surface area contributed by atoms with Crippen molar-refractivity contribution < 1.29 is 0 Å². The van der Waals surface area contributed by atoms with Crippen molar-refractivity contribution in [3.05, 3.63) is 23.8 Å². The molecule has 1 fully saturated rings. The van der Waals surface area contributed by atoms with Crippen LogP contribution in [0.4, 0.5) is 5.69 Å². The molecular formula is C16H23N3S. The van der Waals surface area contributed by atoms with Gasteiger partial charge in [0.15, 0.2) is 0 Å². The Morgan fingerprint density at radius 1 is 1.50 bits per heavy atom. The molecule has 2 rings (SSSR count). The van der Waals surface area contributed by atoms with Crippen LogP contribution in [0.25, 0.3) is 0 Å². The highest BCUT2D eigenvalue weighted by molar-refractivity contribution is 7.98. The maximum absolute atomic E-state index is 9.33. The first-order valence-electron chi connectivity index (χ1n) is 7.20. The minimum absolute atomic E-state index is 0.634. The fourth-order valence-corrected chi connectivity index (χ4v) is 3.29. The van der Waals surface area contributed by atoms with Gasteiger partial charge in [0.1, 0.15) is 6.07 Å². The first kappa shape index (κ1) is 15.2. The Bertz CT molecular complexity index is 493. The summed E-state index contributed by atoms with van der Waals surface area (Å²) in [6, 6.07) is 8.99. The van der Waals surface area contributed by atoms with Crippen LogP contribution in [0.5, 0.6) is 0 Å². The van der Waals surface area contributed by atoms with Gasteiger partial charge in [-0.25, -0.2) is 0 Å². The highest BCUT2D eigenvalue weighted by atomic mass is 32.2. The third kappa shape index (κ3) is 3.47. The van der Waals surface area contributed by atoms with Gasteiger partial charge < -0.3 is 10.2 Å². The maximum Gasteiger partial charge on any atom is 0.102 e. The lowest BCUT2D eigenvalue weighted by Crippen LogP contribution is -2.29. The van der Waals surface area contributed by atoms with Crippen LogP contribution in [-0.4, -0.2) is 36.8 Å². The summed E-state index contributed by atoms with van der Waals surface area (Å²) < 4.78 is 0. The predicted molar refractivity (Wildman–Crippen MR) is 86.2 cm³/mol. The van der Waals surface area contributed by atoms with E-state index in [1.807, 2.05) is 24.5 Å². The van der Waals surface area contributed by atoms with E-state index in [0.29, 0.717) is 12.0 Å². The van der Waals surface area contributed by atoms with E-state index in [9.17, 15) is 5.26 Å². The Hall–Kier alpha value is -1.18. The number of hydrogen-bond acceptors (Lipinski definition) is 4. The molecule has 0 amide bonds. The minimum atomic E-state index is 0.634. The fourth-order valence-electron chi connectivity index (χ4n) is 2.72. The third-order valence-corrected chi connectivity index (χ3v) is 4.77. The van der Waals surface area contributed by atoms with Crippen molar-refractivity contribution in [3.63, 3.8) is 0 Å². The van der Waals surface area contributed by atoms with Crippen LogP contribution >= 0.6 is 11.8 Å². The number of likely N-dealkylation sites (tertiary alicyclic amines) is 1. The van der Waals surface area contributed by atoms with Crippen LogP contribution in [0.15, 0.2) is 23.1 Å². The average Bonchev–Trinajstić information content (AvgIpc) is 2.93. The minimum Gasteiger partial charge on any atom is -0.384 e. The zero-order chi connectivity index (χ0) is 14.5. The first-order valence-corrected chi connectivity index (χ1v) is 8.43. The number of rotatable bonds is 5. The van der Waals surface area contributed by atoms with Crippen LogP contribution in [0.1, 0.15) is 25.8 Å². The predicted octanol–water partition coefficient (Wildman–Crippen LogP) is 3.42. The van der Waals surface area contributed by atoms with Crippen molar-refractivity contribution in [3.8, 4) is 6.07 Å². The van der Waals surface area contributed by atoms with E-state index >= 15 is 0 Å². The summed E-state index contributed by atoms with van der Waals surface area (Å²) in [4.78, 5) is 3.57. The van der Waals surface area contributed by atoms with Crippen molar-refractivity contribution in [2.24, 2.45) is 5.92 Å². The summed E-state index contributed by atoms with van der Waals surface area (Å²) in [7, 11) is 0. The lowest BCUT2D eigenvalue weighted by molar-refractivity contribution is 0.266. The van der Waals surface area contributed by atoms with E-state index in [1.54, 1.807) is 11.8 Å². The van der Waals surface area contributed by atoms with Gasteiger partial charge in [0.25, 0.3) is 0 Å². The van der Waals surface area contributed by atoms with Crippen LogP contribution in [0.2, 0.25) is 0 Å². The van der Waals surface area contributed by atoms with Crippen molar-refractivity contribution in [2.75, 3.05) is 31.2 Å². The second-order valence-corrected chi connectivity index (χ2v) is 6.47. The van der Waals surface area contributed by atoms with Gasteiger partial charge in [0.05, 0.1) is 11.3 Å². The molecule has 20 heavy (non-hydrogen) atoms. The molecule has 0 saturated carbocycles. The summed E-state index contributed by atoms with van der Waals surface area (Å²) in [6.07, 6.45) is 3.26. The molecule has 0 bridgehead atoms. The molecule has 1 saturated heterocycles. The topological polar surface area (TPSA) is 39.1 Å². The third-order valence-electron chi connectivity index (χ3n) is 3.99. The summed E-state index contributed by atoms with van der Waals surface area (Å²) in [5.41, 5.74) is 1.75. The fraction of sp³-hybridized carbons (Fsp3) is 0.562. The lowest BCUT2D eigenvalue weighted by atomic mass is 10.1. The standard InChI is InChI=1S/C16H23N3S/c1-12(2)19-8-7-13(11-19)10-18-15-5-4-6-16(20-3)14(15)9-17/h4-6,12-13,18H,7-8,10-11H2,1-3H3. The van der Waals surface area contributed by atoms with Crippen LogP contribution < -0.4 is 5.32 Å². The molecule has 1 atom stereocenters. The van der Waals surface area contributed by atoms with Crippen LogP contribution in [0.3, 0.4) is 0 Å². The molecule has 0 aromatic heterocycles. The van der Waals surface area contributed by atoms with E-state index in [0.717, 1.165) is 29.2 Å². The zero-order valence-electron chi connectivity index (χ0n) is 12.5. The van der Waals surface area contributed by atoms with Crippen molar-refractivity contribution in [2.45, 2.75) is 31.2 Å². The first-order chi connectivity index (χ1) is 9.65. The number of anilines is 1. The van der Waals surface area contributed by atoms with Crippen LogP contribution in [-0.2, 0) is 0 Å². The van der Waals surface area contributed by atoms with Gasteiger partial charge in [-0.1, -0.05) is 6.07 Å². The van der Waals surface area contributed by atoms with Gasteiger partial charge in [-0.2, -0.15) is 5.26 Å². The molecule has 4 heteroatoms. The van der Waals surface area contributed by atoms with E-state index in [2.05, 4.69) is 30.1 Å². The monoisotopic (exact) mass is 289 g/mol. The molecule has 0 aliphatic carbocycles. The highest BCUT2D eigenvalue weighted by Gasteiger charge is 2.24. The molecule has 1 aromatic rings. The van der Waals surface area contributed by atoms with Crippen molar-refractivity contribution in [1.82, 2.24) is 4.90 Å². The van der Waals surface area contributed by atoms with Gasteiger partial charge in [0.2, 0.25) is 0 Å². The second-order valence-electron chi connectivity index (χ2n) is 5.62. The number of hydrogen-bond donors (Lipinski definition) is 1. The number of thioether (sulfide) groups is 1. The highest BCUT2D eigenvalue weighted by Crippen LogP contribution is 2.27. The molecular weight excluding hydrogens is 266 g/mol. The largest absolute Gasteiger partial charge is 0.384 e. The average molecular weight is 289 g/mol. The smallest absolute Gasteiger partial charge is 0.102 e. The molecule has 108 valence electrons. The molecule has 1 heterocycles. The van der Waals surface area contributed by atoms with Gasteiger partial charge in [-0.3, -0.25) is 0 Å². The van der Waals surface area contributed by atoms with Gasteiger partial charge in [0, 0.05) is 24.0 Å². The van der Waals surface area contributed by atoms with E-state index in [-0.39, 0.29) is 0 Å². The number of benzene rings is 1. The molecule has 0 radical (unpaired) electrons. The second kappa shape index (κ2) is 7.01.